The first-order valence-electron chi connectivity index (χ1n) is 8.19. The molecule has 0 aromatic carbocycles. The normalized spacial score (nSPS) is 22.2. The number of anilines is 1. The van der Waals surface area contributed by atoms with Gasteiger partial charge in [-0.3, -0.25) is 9.69 Å². The molecule has 5 heteroatoms. The van der Waals surface area contributed by atoms with Gasteiger partial charge in [-0.05, 0) is 57.5 Å². The summed E-state index contributed by atoms with van der Waals surface area (Å²) >= 11 is 0. The molecule has 2 fully saturated rings. The summed E-state index contributed by atoms with van der Waals surface area (Å²) in [5.41, 5.74) is 0. The first-order chi connectivity index (χ1) is 10.1. The van der Waals surface area contributed by atoms with E-state index in [0.29, 0.717) is 12.6 Å². The van der Waals surface area contributed by atoms with E-state index in [4.69, 9.17) is 0 Å². The lowest BCUT2D eigenvalue weighted by Gasteiger charge is -2.29. The van der Waals surface area contributed by atoms with E-state index in [1.54, 1.807) is 6.20 Å². The van der Waals surface area contributed by atoms with Gasteiger partial charge in [-0.15, -0.1) is 0 Å². The molecule has 1 saturated carbocycles. The second-order valence-electron chi connectivity index (χ2n) is 6.75. The maximum absolute atomic E-state index is 12.2. The van der Waals surface area contributed by atoms with E-state index < -0.39 is 0 Å². The smallest absolute Gasteiger partial charge is 0.239 e. The van der Waals surface area contributed by atoms with Crippen molar-refractivity contribution >= 4 is 11.7 Å². The predicted molar refractivity (Wildman–Crippen MR) is 83.1 cm³/mol. The van der Waals surface area contributed by atoms with Crippen LogP contribution < -0.4 is 5.32 Å². The number of aromatic nitrogens is 2. The van der Waals surface area contributed by atoms with E-state index in [0.717, 1.165) is 30.7 Å². The summed E-state index contributed by atoms with van der Waals surface area (Å²) < 4.78 is 1.97. The van der Waals surface area contributed by atoms with Crippen LogP contribution in [-0.4, -0.2) is 40.2 Å². The van der Waals surface area contributed by atoms with Crippen molar-refractivity contribution in [1.29, 1.82) is 0 Å². The molecule has 1 aromatic heterocycles. The van der Waals surface area contributed by atoms with Gasteiger partial charge in [0.1, 0.15) is 5.82 Å². The van der Waals surface area contributed by atoms with Gasteiger partial charge >= 0.3 is 0 Å². The quantitative estimate of drug-likeness (QED) is 0.906. The van der Waals surface area contributed by atoms with E-state index in [2.05, 4.69) is 29.2 Å². The molecule has 1 atom stereocenters. The van der Waals surface area contributed by atoms with Gasteiger partial charge in [-0.25, -0.2) is 4.68 Å². The third kappa shape index (κ3) is 3.64. The first-order valence-corrected chi connectivity index (χ1v) is 8.19. The van der Waals surface area contributed by atoms with Crippen LogP contribution in [-0.2, 0) is 4.79 Å². The van der Waals surface area contributed by atoms with Crippen molar-refractivity contribution in [2.45, 2.75) is 45.6 Å². The Bertz CT molecular complexity index is 486. The summed E-state index contributed by atoms with van der Waals surface area (Å²) in [4.78, 5) is 14.5. The van der Waals surface area contributed by atoms with Gasteiger partial charge in [-0.2, -0.15) is 5.10 Å². The molecule has 1 aliphatic heterocycles. The Morgan fingerprint density at radius 2 is 2.10 bits per heavy atom. The molecule has 116 valence electrons. The Morgan fingerprint density at radius 1 is 1.38 bits per heavy atom. The number of likely N-dealkylation sites (tertiary alicyclic amines) is 1. The second kappa shape index (κ2) is 6.18. The van der Waals surface area contributed by atoms with Crippen LogP contribution in [0.4, 0.5) is 5.82 Å². The fraction of sp³-hybridized carbons (Fsp3) is 0.750. The van der Waals surface area contributed by atoms with Crippen LogP contribution >= 0.6 is 0 Å². The number of carbonyl (C=O) groups excluding carboxylic acids is 1. The molecule has 1 saturated heterocycles. The maximum Gasteiger partial charge on any atom is 0.239 e. The fourth-order valence-electron chi connectivity index (χ4n) is 3.12. The average Bonchev–Trinajstić information content (AvgIpc) is 3.21. The van der Waals surface area contributed by atoms with Gasteiger partial charge in [0.05, 0.1) is 18.8 Å². The van der Waals surface area contributed by atoms with Crippen molar-refractivity contribution in [2.24, 2.45) is 11.8 Å². The van der Waals surface area contributed by atoms with Crippen LogP contribution in [0.3, 0.4) is 0 Å². The third-order valence-electron chi connectivity index (χ3n) is 4.87. The summed E-state index contributed by atoms with van der Waals surface area (Å²) in [6.45, 7) is 7.04. The highest BCUT2D eigenvalue weighted by atomic mass is 16.2. The van der Waals surface area contributed by atoms with Gasteiger partial charge < -0.3 is 5.32 Å². The number of nitrogens with zero attached hydrogens (tertiary/aromatic N) is 3. The standard InChI is InChI=1S/C16H26N4O/c1-12-6-9-19(10-7-12)11-16(21)18-15-5-8-17-20(15)13(2)14-3-4-14/h5,8,12-14H,3-4,6-7,9-11H2,1-2H3,(H,18,21). The molecular weight excluding hydrogens is 264 g/mol. The summed E-state index contributed by atoms with van der Waals surface area (Å²) in [6, 6.07) is 2.28. The third-order valence-corrected chi connectivity index (χ3v) is 4.87. The van der Waals surface area contributed by atoms with Gasteiger partial charge in [0.15, 0.2) is 0 Å². The molecule has 1 unspecified atom stereocenters. The molecule has 5 nitrogen and oxygen atoms in total. The van der Waals surface area contributed by atoms with Crippen LogP contribution in [0.25, 0.3) is 0 Å². The highest BCUT2D eigenvalue weighted by molar-refractivity contribution is 5.91. The van der Waals surface area contributed by atoms with E-state index in [9.17, 15) is 4.79 Å². The van der Waals surface area contributed by atoms with Gasteiger partial charge in [0.25, 0.3) is 0 Å². The van der Waals surface area contributed by atoms with Gasteiger partial charge in [0.2, 0.25) is 5.91 Å². The summed E-state index contributed by atoms with van der Waals surface area (Å²) in [6.07, 6.45) is 6.73. The van der Waals surface area contributed by atoms with Crippen molar-refractivity contribution in [1.82, 2.24) is 14.7 Å². The monoisotopic (exact) mass is 290 g/mol. The van der Waals surface area contributed by atoms with Crippen molar-refractivity contribution in [3.63, 3.8) is 0 Å². The van der Waals surface area contributed by atoms with Gasteiger partial charge in [-0.1, -0.05) is 6.92 Å². The zero-order chi connectivity index (χ0) is 14.8. The number of hydrogen-bond donors (Lipinski definition) is 1. The summed E-state index contributed by atoms with van der Waals surface area (Å²) in [5, 5.41) is 7.41. The first kappa shape index (κ1) is 14.6. The van der Waals surface area contributed by atoms with Crippen LogP contribution in [0.1, 0.15) is 45.6 Å². The summed E-state index contributed by atoms with van der Waals surface area (Å²) in [7, 11) is 0. The lowest BCUT2D eigenvalue weighted by atomic mass is 9.99. The second-order valence-corrected chi connectivity index (χ2v) is 6.75. The Morgan fingerprint density at radius 3 is 2.76 bits per heavy atom. The topological polar surface area (TPSA) is 50.2 Å². The molecule has 0 bridgehead atoms. The lowest BCUT2D eigenvalue weighted by molar-refractivity contribution is -0.117. The van der Waals surface area contributed by atoms with Crippen LogP contribution in [0, 0.1) is 11.8 Å². The maximum atomic E-state index is 12.2. The molecule has 1 aromatic rings. The largest absolute Gasteiger partial charge is 0.310 e. The van der Waals surface area contributed by atoms with Crippen molar-refractivity contribution in [3.05, 3.63) is 12.3 Å². The zero-order valence-electron chi connectivity index (χ0n) is 13.1. The number of nitrogens with one attached hydrogen (secondary N) is 1. The van der Waals surface area contributed by atoms with Crippen molar-refractivity contribution in [3.8, 4) is 0 Å². The molecule has 0 spiro atoms. The van der Waals surface area contributed by atoms with Crippen LogP contribution in [0.15, 0.2) is 12.3 Å². The molecule has 0 radical (unpaired) electrons. The zero-order valence-corrected chi connectivity index (χ0v) is 13.1. The minimum atomic E-state index is 0.0781. The van der Waals surface area contributed by atoms with Crippen molar-refractivity contribution < 1.29 is 4.79 Å². The number of rotatable bonds is 5. The minimum absolute atomic E-state index is 0.0781. The fourth-order valence-corrected chi connectivity index (χ4v) is 3.12. The molecular formula is C16H26N4O. The lowest BCUT2D eigenvalue weighted by Crippen LogP contribution is -2.39. The molecule has 2 aliphatic rings. The molecule has 1 N–H and O–H groups in total. The molecule has 21 heavy (non-hydrogen) atoms. The number of piperidine rings is 1. The SMILES string of the molecule is CC1CCN(CC(=O)Nc2ccnn2C(C)C2CC2)CC1. The summed E-state index contributed by atoms with van der Waals surface area (Å²) in [5.74, 6) is 2.44. The number of carbonyl (C=O) groups is 1. The number of hydrogen-bond acceptors (Lipinski definition) is 3. The van der Waals surface area contributed by atoms with E-state index in [-0.39, 0.29) is 5.91 Å². The Kier molecular flexibility index (Phi) is 4.29. The molecule has 1 aliphatic carbocycles. The van der Waals surface area contributed by atoms with Crippen LogP contribution in [0.5, 0.6) is 0 Å². The Labute approximate surface area is 126 Å². The van der Waals surface area contributed by atoms with Gasteiger partial charge in [0, 0.05) is 6.07 Å². The molecule has 2 heterocycles. The van der Waals surface area contributed by atoms with E-state index in [1.165, 1.54) is 25.7 Å². The Balaban J connectivity index is 1.54. The highest BCUT2D eigenvalue weighted by Crippen LogP contribution is 2.40. The van der Waals surface area contributed by atoms with E-state index in [1.807, 2.05) is 10.7 Å². The molecule has 1 amide bonds. The average molecular weight is 290 g/mol. The van der Waals surface area contributed by atoms with E-state index >= 15 is 0 Å². The molecule has 3 rings (SSSR count). The van der Waals surface area contributed by atoms with Crippen LogP contribution in [0.2, 0.25) is 0 Å². The Hall–Kier alpha value is -1.36. The predicted octanol–water partition coefficient (Wildman–Crippen LogP) is 2.52. The highest BCUT2D eigenvalue weighted by Gasteiger charge is 2.30. The number of amides is 1. The van der Waals surface area contributed by atoms with Crippen molar-refractivity contribution in [2.75, 3.05) is 25.0 Å². The minimum Gasteiger partial charge on any atom is -0.310 e.